The van der Waals surface area contributed by atoms with Gasteiger partial charge in [-0.1, -0.05) is 41.4 Å². The van der Waals surface area contributed by atoms with Gasteiger partial charge in [-0.2, -0.15) is 0 Å². The third-order valence-corrected chi connectivity index (χ3v) is 6.51. The minimum absolute atomic E-state index is 0. The molecule has 0 saturated carbocycles. The zero-order chi connectivity index (χ0) is 35.4. The number of para-hydroxylation sites is 2. The normalized spacial score (nSPS) is 9.62. The number of fused-ring (bicyclic) bond motifs is 3. The summed E-state index contributed by atoms with van der Waals surface area (Å²) in [4.78, 5) is 31.0. The number of halogens is 4. The van der Waals surface area contributed by atoms with Crippen LogP contribution in [0.2, 0.25) is 10.0 Å². The van der Waals surface area contributed by atoms with E-state index in [0.29, 0.717) is 26.9 Å². The molecule has 2 aromatic carbocycles. The maximum absolute atomic E-state index is 10.1. The van der Waals surface area contributed by atoms with Gasteiger partial charge in [0.15, 0.2) is 11.2 Å². The van der Waals surface area contributed by atoms with Crippen molar-refractivity contribution in [3.63, 3.8) is 0 Å². The molecule has 0 aliphatic rings. The predicted molar refractivity (Wildman–Crippen MR) is 186 cm³/mol. The van der Waals surface area contributed by atoms with Crippen LogP contribution in [0.3, 0.4) is 0 Å². The molecule has 48 heavy (non-hydrogen) atoms. The van der Waals surface area contributed by atoms with E-state index in [9.17, 15) is 9.90 Å². The summed E-state index contributed by atoms with van der Waals surface area (Å²) in [6, 6.07) is 23.0. The van der Waals surface area contributed by atoms with E-state index in [1.807, 2.05) is 42.5 Å². The second-order valence-electron chi connectivity index (χ2n) is 7.86. The minimum atomic E-state index is -3.15. The van der Waals surface area contributed by atoms with Gasteiger partial charge in [-0.05, 0) is 81.2 Å². The van der Waals surface area contributed by atoms with Gasteiger partial charge < -0.3 is 24.8 Å². The van der Waals surface area contributed by atoms with Crippen molar-refractivity contribution >= 4 is 159 Å². The number of aromatic carboxylic acids is 1. The first kappa shape index (κ1) is 50.2. The Bertz CT molecular complexity index is 1870. The van der Waals surface area contributed by atoms with Crippen molar-refractivity contribution in [2.45, 2.75) is 0 Å². The van der Waals surface area contributed by atoms with E-state index in [2.05, 4.69) is 48.3 Å². The van der Waals surface area contributed by atoms with Crippen LogP contribution in [0.5, 0.6) is 5.75 Å². The number of hydrogen-bond donors (Lipinski definition) is 2. The standard InChI is InChI=1S/C11H7BrClNO.C11H6ClNO.C6H5NO2.Cu.HI.3K.HO4P/c12-8-4-2-6-14-10(8)7-3-1-5-9(13)11(7)15;12-8-4-1-3-7-10-9(14-11(7)8)5-2-6-13-10;8-6(9)5-3-1-2-4-7-5;;;;;;1-4-5(2)3/h1-6,15H;1-6H;1-4H,(H,8,9);;1H;;;;1H/q;;;+1;;;;+1;/p-2. The monoisotopic (exact) mass is 1010 g/mol. The summed E-state index contributed by atoms with van der Waals surface area (Å²) in [5.74, 6) is -0.936. The molecule has 6 rings (SSSR count). The van der Waals surface area contributed by atoms with Gasteiger partial charge in [-0.25, -0.2) is 14.5 Å². The van der Waals surface area contributed by atoms with Gasteiger partial charge in [-0.15, -0.1) is 0 Å². The number of hydrogen-bond acceptors (Lipinski definition) is 10. The Morgan fingerprint density at radius 3 is 2.06 bits per heavy atom. The predicted octanol–water partition coefficient (Wildman–Crippen LogP) is 3.71. The molecular formula is C28H18BrCl2CuIK3N3O8P. The Balaban J connectivity index is 0.000000622. The number of aromatic nitrogens is 3. The van der Waals surface area contributed by atoms with E-state index in [1.54, 1.807) is 63.1 Å². The zero-order valence-corrected chi connectivity index (χ0v) is 41.6. The van der Waals surface area contributed by atoms with Crippen LogP contribution >= 0.6 is 67.7 Å². The van der Waals surface area contributed by atoms with E-state index in [4.69, 9.17) is 47.4 Å². The summed E-state index contributed by atoms with van der Waals surface area (Å²) < 4.78 is 17.7. The van der Waals surface area contributed by atoms with Crippen molar-refractivity contribution in [2.24, 2.45) is 0 Å². The van der Waals surface area contributed by atoms with Crippen LogP contribution in [0.15, 0.2) is 106 Å². The number of phenolic OH excluding ortho intramolecular Hbond substituents is 1. The molecule has 1 atom stereocenters. The number of pyridine rings is 3. The van der Waals surface area contributed by atoms with Crippen LogP contribution in [0.1, 0.15) is 10.5 Å². The second-order valence-corrected chi connectivity index (χ2v) is 10.1. The van der Waals surface area contributed by atoms with Gasteiger partial charge >= 0.3 is 162 Å². The number of carboxylic acids is 1. The molecule has 0 saturated heterocycles. The molecule has 0 aliphatic heterocycles. The van der Waals surface area contributed by atoms with E-state index < -0.39 is 14.2 Å². The van der Waals surface area contributed by atoms with E-state index >= 15 is 0 Å². The van der Waals surface area contributed by atoms with Crippen molar-refractivity contribution in [1.29, 1.82) is 0 Å². The summed E-state index contributed by atoms with van der Waals surface area (Å²) in [5, 5.41) is 28.6. The summed E-state index contributed by atoms with van der Waals surface area (Å²) in [7, 11) is -3.15. The molecule has 6 aromatic rings. The molecule has 0 radical (unpaired) electrons. The Kier molecular flexibility index (Phi) is 30.8. The number of furan rings is 1. The number of aromatic hydroxyl groups is 1. The van der Waals surface area contributed by atoms with Crippen molar-refractivity contribution in [3.05, 3.63) is 118 Å². The first-order valence-corrected chi connectivity index (χ1v) is 34.5. The summed E-state index contributed by atoms with van der Waals surface area (Å²) in [6.07, 6.45) is 4.86. The fraction of sp³-hybridized carbons (Fsp3) is 0. The first-order chi connectivity index (χ1) is 22.6. The Morgan fingerprint density at radius 2 is 1.50 bits per heavy atom. The average molecular weight is 1010 g/mol. The van der Waals surface area contributed by atoms with Crippen LogP contribution in [0, 0.1) is 0 Å². The van der Waals surface area contributed by atoms with Crippen molar-refractivity contribution in [3.8, 4) is 17.0 Å². The SMILES string of the molecule is Clc1cccc2c1oc1cccnc12.O=C(O)c1ccccn1.O=[P+]([O-])O[O-].Oc1c(Cl)cccc1-c1ncccc1Br.[Cu][I].[K+].[K][K]. The molecule has 240 valence electrons. The van der Waals surface area contributed by atoms with Crippen molar-refractivity contribution < 1.29 is 103 Å². The fourth-order valence-electron chi connectivity index (χ4n) is 3.36. The maximum atomic E-state index is 10.1. The molecule has 11 nitrogen and oxygen atoms in total. The Hall–Kier alpha value is 2.16. The third kappa shape index (κ3) is 17.5. The number of carboxylic acid groups (broad SMARTS) is 1. The van der Waals surface area contributed by atoms with Gasteiger partial charge in [0.1, 0.15) is 17.0 Å². The van der Waals surface area contributed by atoms with Gasteiger partial charge in [0.2, 0.25) is 0 Å². The quantitative estimate of drug-likeness (QED) is 0.0868. The molecule has 4 aromatic heterocycles. The molecule has 20 heteroatoms. The summed E-state index contributed by atoms with van der Waals surface area (Å²) in [5.41, 5.74) is 3.73. The fourth-order valence-corrected chi connectivity index (χ4v) is 4.22. The Morgan fingerprint density at radius 1 is 0.917 bits per heavy atom. The van der Waals surface area contributed by atoms with Gasteiger partial charge in [0.25, 0.3) is 0 Å². The summed E-state index contributed by atoms with van der Waals surface area (Å²) in [6.45, 7) is 0. The number of nitrogens with zero attached hydrogens (tertiary/aromatic N) is 3. The Labute approximate surface area is 401 Å². The molecule has 0 amide bonds. The van der Waals surface area contributed by atoms with Crippen LogP contribution in [-0.2, 0) is 22.0 Å². The first-order valence-electron chi connectivity index (χ1n) is 12.8. The van der Waals surface area contributed by atoms with Gasteiger partial charge in [-0.3, -0.25) is 9.97 Å². The van der Waals surface area contributed by atoms with Crippen LogP contribution in [0.25, 0.3) is 33.3 Å². The van der Waals surface area contributed by atoms with E-state index in [0.717, 1.165) is 21.0 Å². The topological polar surface area (TPSA) is 182 Å². The second kappa shape index (κ2) is 29.5. The van der Waals surface area contributed by atoms with Crippen molar-refractivity contribution in [1.82, 2.24) is 15.0 Å². The van der Waals surface area contributed by atoms with E-state index in [1.165, 1.54) is 75.4 Å². The number of carbonyl (C=O) groups is 1. The zero-order valence-electron chi connectivity index (χ0n) is 25.2. The van der Waals surface area contributed by atoms with E-state index in [-0.39, 0.29) is 62.8 Å². The van der Waals surface area contributed by atoms with Crippen LogP contribution < -0.4 is 61.5 Å². The molecular weight excluding hydrogens is 996 g/mol. The average Bonchev–Trinajstić information content (AvgIpc) is 3.50. The number of phenols is 1. The molecule has 0 aliphatic carbocycles. The van der Waals surface area contributed by atoms with Crippen LogP contribution in [-0.4, -0.2) is 94.3 Å². The molecule has 1 unspecified atom stereocenters. The van der Waals surface area contributed by atoms with Crippen LogP contribution in [0.4, 0.5) is 0 Å². The third-order valence-electron chi connectivity index (χ3n) is 5.15. The number of rotatable bonds is 3. The van der Waals surface area contributed by atoms with Gasteiger partial charge in [0, 0.05) is 34.0 Å². The molecule has 2 N–H and O–H groups in total. The molecule has 0 spiro atoms. The summed E-state index contributed by atoms with van der Waals surface area (Å²) >= 11 is 23.6. The molecule has 0 bridgehead atoms. The van der Waals surface area contributed by atoms with Crippen molar-refractivity contribution in [2.75, 3.05) is 0 Å². The molecule has 4 heterocycles. The molecule has 0 fully saturated rings. The number of benzene rings is 2. The van der Waals surface area contributed by atoms with Gasteiger partial charge in [0.05, 0.1) is 15.7 Å².